The summed E-state index contributed by atoms with van der Waals surface area (Å²) in [6.07, 6.45) is 0. The molecule has 0 aromatic heterocycles. The lowest BCUT2D eigenvalue weighted by atomic mass is 10.1. The van der Waals surface area contributed by atoms with Crippen molar-refractivity contribution in [1.29, 1.82) is 0 Å². The first-order valence-corrected chi connectivity index (χ1v) is 8.81. The van der Waals surface area contributed by atoms with Crippen LogP contribution in [0.4, 0.5) is 11.4 Å². The summed E-state index contributed by atoms with van der Waals surface area (Å²) in [4.78, 5) is 22.4. The first-order chi connectivity index (χ1) is 13.4. The highest BCUT2D eigenvalue weighted by molar-refractivity contribution is 7.80. The zero-order valence-corrected chi connectivity index (χ0v) is 15.8. The molecular weight excluding hydrogens is 378 g/mol. The largest absolute Gasteiger partial charge is 0.483 e. The molecule has 28 heavy (non-hydrogen) atoms. The van der Waals surface area contributed by atoms with Crippen LogP contribution in [-0.2, 0) is 4.79 Å². The Labute approximate surface area is 166 Å². The number of amides is 1. The van der Waals surface area contributed by atoms with E-state index in [2.05, 4.69) is 10.6 Å². The van der Waals surface area contributed by atoms with Crippen LogP contribution in [-0.4, -0.2) is 22.5 Å². The summed E-state index contributed by atoms with van der Waals surface area (Å²) in [6.45, 7) is 1.51. The number of aryl methyl sites for hydroxylation is 1. The maximum absolute atomic E-state index is 12.1. The molecule has 3 rings (SSSR count). The van der Waals surface area contributed by atoms with Crippen molar-refractivity contribution in [2.75, 3.05) is 11.9 Å². The molecule has 2 N–H and O–H groups in total. The van der Waals surface area contributed by atoms with E-state index in [-0.39, 0.29) is 17.4 Å². The van der Waals surface area contributed by atoms with Crippen LogP contribution in [0.15, 0.2) is 60.7 Å². The zero-order valence-electron chi connectivity index (χ0n) is 15.0. The van der Waals surface area contributed by atoms with Gasteiger partial charge in [-0.1, -0.05) is 36.4 Å². The molecular formula is C20H17N3O4S. The van der Waals surface area contributed by atoms with Gasteiger partial charge in [-0.25, -0.2) is 0 Å². The Kier molecular flexibility index (Phi) is 5.81. The Morgan fingerprint density at radius 1 is 1.14 bits per heavy atom. The molecule has 0 aliphatic heterocycles. The van der Waals surface area contributed by atoms with Crippen LogP contribution in [0.5, 0.6) is 5.75 Å². The quantitative estimate of drug-likeness (QED) is 0.386. The van der Waals surface area contributed by atoms with Gasteiger partial charge in [0.15, 0.2) is 11.7 Å². The molecule has 0 aliphatic carbocycles. The van der Waals surface area contributed by atoms with Gasteiger partial charge in [0.1, 0.15) is 5.75 Å². The molecule has 0 spiro atoms. The SMILES string of the molecule is Cc1cc([N+](=O)[O-])ccc1NC(=S)NC(=O)COc1cccc2ccccc12. The van der Waals surface area contributed by atoms with Gasteiger partial charge in [-0.05, 0) is 42.2 Å². The second-order valence-corrected chi connectivity index (χ2v) is 6.43. The van der Waals surface area contributed by atoms with Gasteiger partial charge >= 0.3 is 0 Å². The van der Waals surface area contributed by atoms with Gasteiger partial charge in [0, 0.05) is 23.2 Å². The summed E-state index contributed by atoms with van der Waals surface area (Å²) in [5, 5.41) is 18.2. The smallest absolute Gasteiger partial charge is 0.269 e. The number of carbonyl (C=O) groups excluding carboxylic acids is 1. The number of non-ortho nitro benzene ring substituents is 1. The van der Waals surface area contributed by atoms with Gasteiger partial charge in [-0.2, -0.15) is 0 Å². The van der Waals surface area contributed by atoms with Crippen molar-refractivity contribution in [3.05, 3.63) is 76.3 Å². The van der Waals surface area contributed by atoms with Crippen LogP contribution < -0.4 is 15.4 Å². The number of nitro groups is 1. The first-order valence-electron chi connectivity index (χ1n) is 8.40. The molecule has 0 aliphatic rings. The van der Waals surface area contributed by atoms with Crippen LogP contribution in [0, 0.1) is 17.0 Å². The average Bonchev–Trinajstić information content (AvgIpc) is 2.67. The number of nitrogens with zero attached hydrogens (tertiary/aromatic N) is 1. The van der Waals surface area contributed by atoms with Crippen LogP contribution >= 0.6 is 12.2 Å². The minimum Gasteiger partial charge on any atom is -0.483 e. The predicted molar refractivity (Wildman–Crippen MR) is 112 cm³/mol. The molecule has 0 fully saturated rings. The van der Waals surface area contributed by atoms with Crippen LogP contribution in [0.25, 0.3) is 10.8 Å². The minimum absolute atomic E-state index is 0.0125. The second-order valence-electron chi connectivity index (χ2n) is 6.02. The molecule has 7 nitrogen and oxygen atoms in total. The molecule has 0 radical (unpaired) electrons. The van der Waals surface area contributed by atoms with Crippen molar-refractivity contribution in [1.82, 2.24) is 5.32 Å². The van der Waals surface area contributed by atoms with Gasteiger partial charge in [0.25, 0.3) is 11.6 Å². The Bertz CT molecular complexity index is 1060. The van der Waals surface area contributed by atoms with Gasteiger partial charge in [-0.15, -0.1) is 0 Å². The number of nitro benzene ring substituents is 1. The van der Waals surface area contributed by atoms with Gasteiger partial charge in [0.05, 0.1) is 4.92 Å². The number of hydrogen-bond acceptors (Lipinski definition) is 5. The summed E-state index contributed by atoms with van der Waals surface area (Å²) < 4.78 is 5.62. The molecule has 8 heteroatoms. The normalized spacial score (nSPS) is 10.3. The van der Waals surface area contributed by atoms with Crippen LogP contribution in [0.2, 0.25) is 0 Å². The maximum Gasteiger partial charge on any atom is 0.269 e. The minimum atomic E-state index is -0.471. The highest BCUT2D eigenvalue weighted by Gasteiger charge is 2.11. The van der Waals surface area contributed by atoms with Gasteiger partial charge in [0.2, 0.25) is 0 Å². The standard InChI is InChI=1S/C20H17N3O4S/c1-13-11-15(23(25)26)9-10-17(13)21-20(28)22-19(24)12-27-18-8-4-6-14-5-2-3-7-16(14)18/h2-11H,12H2,1H3,(H2,21,22,24,28). The zero-order chi connectivity index (χ0) is 20.1. The third-order valence-electron chi connectivity index (χ3n) is 4.03. The summed E-state index contributed by atoms with van der Waals surface area (Å²) in [6, 6.07) is 17.7. The number of fused-ring (bicyclic) bond motifs is 1. The van der Waals surface area contributed by atoms with Crippen molar-refractivity contribution >= 4 is 45.4 Å². The fourth-order valence-corrected chi connectivity index (χ4v) is 2.91. The van der Waals surface area contributed by atoms with Crippen molar-refractivity contribution in [3.8, 4) is 5.75 Å². The lowest BCUT2D eigenvalue weighted by molar-refractivity contribution is -0.384. The van der Waals surface area contributed by atoms with E-state index in [0.29, 0.717) is 17.0 Å². The lowest BCUT2D eigenvalue weighted by Gasteiger charge is -2.12. The molecule has 0 heterocycles. The van der Waals surface area contributed by atoms with E-state index in [1.807, 2.05) is 36.4 Å². The van der Waals surface area contributed by atoms with E-state index in [0.717, 1.165) is 10.8 Å². The summed E-state index contributed by atoms with van der Waals surface area (Å²) in [5.41, 5.74) is 1.20. The molecule has 0 saturated heterocycles. The number of nitrogens with one attached hydrogen (secondary N) is 2. The maximum atomic E-state index is 12.1. The predicted octanol–water partition coefficient (Wildman–Crippen LogP) is 3.95. The summed E-state index contributed by atoms with van der Waals surface area (Å²) in [5.74, 6) is 0.198. The Hall–Kier alpha value is -3.52. The number of thiocarbonyl (C=S) groups is 1. The van der Waals surface area contributed by atoms with E-state index in [4.69, 9.17) is 17.0 Å². The van der Waals surface area contributed by atoms with Gasteiger partial charge < -0.3 is 10.1 Å². The van der Waals surface area contributed by atoms with Crippen molar-refractivity contribution in [2.24, 2.45) is 0 Å². The summed E-state index contributed by atoms with van der Waals surface area (Å²) in [7, 11) is 0. The fourth-order valence-electron chi connectivity index (χ4n) is 2.68. The third-order valence-corrected chi connectivity index (χ3v) is 4.23. The topological polar surface area (TPSA) is 93.5 Å². The summed E-state index contributed by atoms with van der Waals surface area (Å²) >= 11 is 5.13. The lowest BCUT2D eigenvalue weighted by Crippen LogP contribution is -2.37. The molecule has 3 aromatic rings. The van der Waals surface area contributed by atoms with E-state index < -0.39 is 10.8 Å². The van der Waals surface area contributed by atoms with Gasteiger partial charge in [-0.3, -0.25) is 20.2 Å². The number of benzene rings is 3. The number of anilines is 1. The molecule has 142 valence electrons. The highest BCUT2D eigenvalue weighted by Crippen LogP contribution is 2.25. The number of ether oxygens (including phenoxy) is 1. The molecule has 3 aromatic carbocycles. The van der Waals surface area contributed by atoms with Crippen molar-refractivity contribution < 1.29 is 14.5 Å². The number of rotatable bonds is 5. The molecule has 0 bridgehead atoms. The number of hydrogen-bond donors (Lipinski definition) is 2. The Morgan fingerprint density at radius 3 is 2.64 bits per heavy atom. The Morgan fingerprint density at radius 2 is 1.89 bits per heavy atom. The highest BCUT2D eigenvalue weighted by atomic mass is 32.1. The van der Waals surface area contributed by atoms with Crippen molar-refractivity contribution in [3.63, 3.8) is 0 Å². The van der Waals surface area contributed by atoms with Crippen LogP contribution in [0.1, 0.15) is 5.56 Å². The first kappa shape index (κ1) is 19.2. The van der Waals surface area contributed by atoms with E-state index in [9.17, 15) is 14.9 Å². The fraction of sp³-hybridized carbons (Fsp3) is 0.100. The number of carbonyl (C=O) groups is 1. The third kappa shape index (κ3) is 4.60. The Balaban J connectivity index is 1.57. The van der Waals surface area contributed by atoms with E-state index >= 15 is 0 Å². The van der Waals surface area contributed by atoms with E-state index in [1.54, 1.807) is 19.1 Å². The molecule has 0 saturated carbocycles. The molecule has 1 amide bonds. The molecule has 0 unspecified atom stereocenters. The van der Waals surface area contributed by atoms with E-state index in [1.165, 1.54) is 12.1 Å². The average molecular weight is 395 g/mol. The van der Waals surface area contributed by atoms with Crippen LogP contribution in [0.3, 0.4) is 0 Å². The molecule has 0 atom stereocenters. The second kappa shape index (κ2) is 8.45. The monoisotopic (exact) mass is 395 g/mol. The van der Waals surface area contributed by atoms with Crippen molar-refractivity contribution in [2.45, 2.75) is 6.92 Å².